The van der Waals surface area contributed by atoms with Gasteiger partial charge in [0.25, 0.3) is 0 Å². The highest BCUT2D eigenvalue weighted by Gasteiger charge is 2.16. The summed E-state index contributed by atoms with van der Waals surface area (Å²) in [4.78, 5) is 5.43. The molecule has 36 heavy (non-hydrogen) atoms. The van der Waals surface area contributed by atoms with E-state index in [9.17, 15) is 5.11 Å². The highest BCUT2D eigenvalue weighted by molar-refractivity contribution is 7.80. The van der Waals surface area contributed by atoms with E-state index < -0.39 is 0 Å². The number of rotatable bonds is 9. The SMILES string of the molecule is CCOc1cc(CN(CCc2c[nH]c3ccc(OC)cc23)C(=S)Nc2cccc(C)c2Cl)ccc1O. The second-order valence-corrected chi connectivity index (χ2v) is 9.26. The van der Waals surface area contributed by atoms with Crippen molar-refractivity contribution in [3.8, 4) is 17.2 Å². The van der Waals surface area contributed by atoms with Crippen LogP contribution in [0, 0.1) is 6.92 Å². The summed E-state index contributed by atoms with van der Waals surface area (Å²) in [6.45, 7) is 5.51. The largest absolute Gasteiger partial charge is 0.504 e. The van der Waals surface area contributed by atoms with E-state index in [0.717, 1.165) is 39.9 Å². The molecule has 0 unspecified atom stereocenters. The minimum Gasteiger partial charge on any atom is -0.504 e. The number of phenols is 1. The van der Waals surface area contributed by atoms with Crippen molar-refractivity contribution in [2.24, 2.45) is 0 Å². The number of benzene rings is 3. The summed E-state index contributed by atoms with van der Waals surface area (Å²) >= 11 is 12.4. The maximum atomic E-state index is 10.1. The van der Waals surface area contributed by atoms with Crippen LogP contribution in [0.2, 0.25) is 5.02 Å². The van der Waals surface area contributed by atoms with Crippen LogP contribution in [0.5, 0.6) is 17.2 Å². The van der Waals surface area contributed by atoms with Crippen molar-refractivity contribution in [2.75, 3.05) is 25.6 Å². The molecule has 4 aromatic rings. The van der Waals surface area contributed by atoms with E-state index in [4.69, 9.17) is 33.3 Å². The highest BCUT2D eigenvalue weighted by Crippen LogP contribution is 2.29. The lowest BCUT2D eigenvalue weighted by molar-refractivity contribution is 0.317. The quantitative estimate of drug-likeness (QED) is 0.212. The van der Waals surface area contributed by atoms with E-state index in [2.05, 4.69) is 15.2 Å². The van der Waals surface area contributed by atoms with Gasteiger partial charge in [-0.05, 0) is 85.6 Å². The molecule has 0 saturated heterocycles. The number of aromatic hydroxyl groups is 1. The number of aromatic amines is 1. The summed E-state index contributed by atoms with van der Waals surface area (Å²) in [6, 6.07) is 17.2. The lowest BCUT2D eigenvalue weighted by atomic mass is 10.1. The number of anilines is 1. The number of aromatic nitrogens is 1. The molecular formula is C28H30ClN3O3S. The minimum atomic E-state index is 0.118. The third kappa shape index (κ3) is 5.86. The summed E-state index contributed by atoms with van der Waals surface area (Å²) < 4.78 is 11.0. The number of nitrogens with zero attached hydrogens (tertiary/aromatic N) is 1. The third-order valence-corrected chi connectivity index (χ3v) is 6.91. The number of hydrogen-bond donors (Lipinski definition) is 3. The fraction of sp³-hybridized carbons (Fsp3) is 0.250. The fourth-order valence-electron chi connectivity index (χ4n) is 4.09. The third-order valence-electron chi connectivity index (χ3n) is 6.04. The number of phenolic OH excluding ortho intramolecular Hbond substituents is 1. The van der Waals surface area contributed by atoms with Crippen LogP contribution in [-0.2, 0) is 13.0 Å². The standard InChI is InChI=1S/C28H30ClN3O3S/c1-4-35-26-14-19(8-11-25(26)33)17-32(28(36)31-24-7-5-6-18(2)27(24)29)13-12-20-16-30-23-10-9-21(34-3)15-22(20)23/h5-11,14-16,30,33H,4,12-13,17H2,1-3H3,(H,31,36). The Morgan fingerprint density at radius 3 is 2.78 bits per heavy atom. The van der Waals surface area contributed by atoms with Crippen LogP contribution in [0.1, 0.15) is 23.6 Å². The second-order valence-electron chi connectivity index (χ2n) is 8.50. The van der Waals surface area contributed by atoms with Crippen LogP contribution < -0.4 is 14.8 Å². The average molecular weight is 524 g/mol. The molecule has 6 nitrogen and oxygen atoms in total. The van der Waals surface area contributed by atoms with Gasteiger partial charge in [-0.25, -0.2) is 0 Å². The molecule has 0 radical (unpaired) electrons. The molecule has 0 aliphatic carbocycles. The van der Waals surface area contributed by atoms with Crippen molar-refractivity contribution >= 4 is 45.5 Å². The predicted octanol–water partition coefficient (Wildman–Crippen LogP) is 6.68. The van der Waals surface area contributed by atoms with Crippen LogP contribution in [0.4, 0.5) is 5.69 Å². The molecule has 1 aromatic heterocycles. The van der Waals surface area contributed by atoms with Crippen LogP contribution in [0.25, 0.3) is 10.9 Å². The van der Waals surface area contributed by atoms with Gasteiger partial charge in [0, 0.05) is 30.2 Å². The second kappa shape index (κ2) is 11.5. The van der Waals surface area contributed by atoms with Crippen molar-refractivity contribution in [1.29, 1.82) is 0 Å². The summed E-state index contributed by atoms with van der Waals surface area (Å²) in [7, 11) is 1.67. The minimum absolute atomic E-state index is 0.118. The normalized spacial score (nSPS) is 10.9. The van der Waals surface area contributed by atoms with E-state index >= 15 is 0 Å². The maximum absolute atomic E-state index is 10.1. The van der Waals surface area contributed by atoms with Crippen molar-refractivity contribution in [3.63, 3.8) is 0 Å². The maximum Gasteiger partial charge on any atom is 0.173 e. The van der Waals surface area contributed by atoms with Crippen LogP contribution >= 0.6 is 23.8 Å². The Morgan fingerprint density at radius 2 is 2.00 bits per heavy atom. The number of thiocarbonyl (C=S) groups is 1. The summed E-state index contributed by atoms with van der Waals surface area (Å²) in [5, 5.41) is 15.8. The van der Waals surface area contributed by atoms with Crippen molar-refractivity contribution in [1.82, 2.24) is 9.88 Å². The number of nitrogens with one attached hydrogen (secondary N) is 2. The highest BCUT2D eigenvalue weighted by atomic mass is 35.5. The van der Waals surface area contributed by atoms with Gasteiger partial charge in [0.1, 0.15) is 5.75 Å². The first kappa shape index (κ1) is 25.7. The van der Waals surface area contributed by atoms with Gasteiger partial charge in [-0.3, -0.25) is 0 Å². The molecule has 1 heterocycles. The topological polar surface area (TPSA) is 69.8 Å². The average Bonchev–Trinajstić information content (AvgIpc) is 3.28. The first-order chi connectivity index (χ1) is 17.4. The molecule has 188 valence electrons. The van der Waals surface area contributed by atoms with Crippen LogP contribution in [0.3, 0.4) is 0 Å². The predicted molar refractivity (Wildman–Crippen MR) is 151 cm³/mol. The Kier molecular flexibility index (Phi) is 8.23. The molecule has 3 aromatic carbocycles. The number of hydrogen-bond acceptors (Lipinski definition) is 4. The Labute approximate surface area is 221 Å². The van der Waals surface area contributed by atoms with E-state index in [1.807, 2.05) is 68.6 Å². The van der Waals surface area contributed by atoms with E-state index in [0.29, 0.717) is 35.6 Å². The monoisotopic (exact) mass is 523 g/mol. The van der Waals surface area contributed by atoms with E-state index in [1.165, 1.54) is 5.56 Å². The van der Waals surface area contributed by atoms with Crippen LogP contribution in [-0.4, -0.2) is 40.4 Å². The first-order valence-electron chi connectivity index (χ1n) is 11.8. The lowest BCUT2D eigenvalue weighted by Gasteiger charge is -2.27. The Hall–Kier alpha value is -3.42. The molecular weight excluding hydrogens is 494 g/mol. The Bertz CT molecular complexity index is 1370. The van der Waals surface area contributed by atoms with Gasteiger partial charge in [-0.1, -0.05) is 29.8 Å². The summed E-state index contributed by atoms with van der Waals surface area (Å²) in [6.07, 6.45) is 2.79. The van der Waals surface area contributed by atoms with Gasteiger partial charge in [0.2, 0.25) is 0 Å². The molecule has 0 bridgehead atoms. The molecule has 3 N–H and O–H groups in total. The molecule has 4 rings (SSSR count). The molecule has 0 spiro atoms. The molecule has 0 saturated carbocycles. The number of methoxy groups -OCH3 is 1. The number of H-pyrrole nitrogens is 1. The fourth-order valence-corrected chi connectivity index (χ4v) is 4.52. The van der Waals surface area contributed by atoms with Crippen LogP contribution in [0.15, 0.2) is 60.8 Å². The van der Waals surface area contributed by atoms with Gasteiger partial charge in [0.15, 0.2) is 16.6 Å². The zero-order valence-electron chi connectivity index (χ0n) is 20.6. The van der Waals surface area contributed by atoms with Crippen molar-refractivity contribution in [3.05, 3.63) is 82.5 Å². The molecule has 0 amide bonds. The van der Waals surface area contributed by atoms with Gasteiger partial charge in [0.05, 0.1) is 24.4 Å². The number of ether oxygens (including phenoxy) is 2. The van der Waals surface area contributed by atoms with Crippen molar-refractivity contribution < 1.29 is 14.6 Å². The summed E-state index contributed by atoms with van der Waals surface area (Å²) in [5.74, 6) is 1.39. The van der Waals surface area contributed by atoms with Gasteiger partial charge in [-0.2, -0.15) is 0 Å². The Morgan fingerprint density at radius 1 is 1.17 bits per heavy atom. The molecule has 8 heteroatoms. The molecule has 0 aliphatic rings. The molecule has 0 atom stereocenters. The van der Waals surface area contributed by atoms with Gasteiger partial charge in [-0.15, -0.1) is 0 Å². The Balaban J connectivity index is 1.59. The lowest BCUT2D eigenvalue weighted by Crippen LogP contribution is -2.36. The molecule has 0 aliphatic heterocycles. The zero-order valence-corrected chi connectivity index (χ0v) is 22.2. The smallest absolute Gasteiger partial charge is 0.173 e. The van der Waals surface area contributed by atoms with E-state index in [1.54, 1.807) is 13.2 Å². The first-order valence-corrected chi connectivity index (χ1v) is 12.6. The number of halogens is 1. The molecule has 0 fully saturated rings. The van der Waals surface area contributed by atoms with Gasteiger partial charge < -0.3 is 29.8 Å². The van der Waals surface area contributed by atoms with Crippen molar-refractivity contribution in [2.45, 2.75) is 26.8 Å². The van der Waals surface area contributed by atoms with Gasteiger partial charge >= 0.3 is 0 Å². The number of aryl methyl sites for hydroxylation is 1. The van der Waals surface area contributed by atoms with E-state index in [-0.39, 0.29) is 5.75 Å². The zero-order chi connectivity index (χ0) is 25.7. The summed E-state index contributed by atoms with van der Waals surface area (Å²) in [5.41, 5.74) is 4.94. The number of fused-ring (bicyclic) bond motifs is 1.